The van der Waals surface area contributed by atoms with Gasteiger partial charge in [-0.05, 0) is 66.3 Å². The van der Waals surface area contributed by atoms with E-state index in [1.807, 2.05) is 0 Å². The number of aromatic carboxylic acids is 1. The Morgan fingerprint density at radius 1 is 1.10 bits per heavy atom. The molecule has 0 aliphatic rings. The Bertz CT molecular complexity index is 994. The minimum atomic E-state index is -4.11. The molecule has 2 aromatic rings. The van der Waals surface area contributed by atoms with Crippen molar-refractivity contribution in [3.05, 3.63) is 46.4 Å². The SMILES string of the molecule is CCN(CC)CCCNc1ccccc1S(=O)(=O)Nc1ccc(Br)c(O)c1C(=O)O. The summed E-state index contributed by atoms with van der Waals surface area (Å²) in [5.74, 6) is -2.00. The quantitative estimate of drug-likeness (QED) is 0.347. The number of nitrogens with one attached hydrogen (secondary N) is 2. The maximum atomic E-state index is 13.0. The average Bonchev–Trinajstić information content (AvgIpc) is 2.71. The maximum absolute atomic E-state index is 13.0. The number of carboxylic acid groups (broad SMARTS) is 1. The highest BCUT2D eigenvalue weighted by molar-refractivity contribution is 9.10. The fraction of sp³-hybridized carbons (Fsp3) is 0.350. The number of nitrogens with zero attached hydrogens (tertiary/aromatic N) is 1. The molecule has 0 atom stereocenters. The van der Waals surface area contributed by atoms with Gasteiger partial charge in [0.2, 0.25) is 0 Å². The van der Waals surface area contributed by atoms with E-state index in [9.17, 15) is 23.4 Å². The topological polar surface area (TPSA) is 119 Å². The third kappa shape index (κ3) is 5.87. The van der Waals surface area contributed by atoms with E-state index in [2.05, 4.69) is 44.7 Å². The van der Waals surface area contributed by atoms with Crippen LogP contribution in [-0.2, 0) is 10.0 Å². The Hall–Kier alpha value is -2.30. The monoisotopic (exact) mass is 499 g/mol. The Balaban J connectivity index is 2.24. The van der Waals surface area contributed by atoms with Crippen molar-refractivity contribution >= 4 is 43.3 Å². The van der Waals surface area contributed by atoms with E-state index < -0.39 is 27.3 Å². The minimum absolute atomic E-state index is 0.00779. The van der Waals surface area contributed by atoms with Gasteiger partial charge in [0.05, 0.1) is 15.8 Å². The van der Waals surface area contributed by atoms with Gasteiger partial charge in [-0.2, -0.15) is 0 Å². The first kappa shape index (κ1) is 24.0. The molecule has 0 spiro atoms. The Morgan fingerprint density at radius 2 is 1.77 bits per heavy atom. The molecule has 0 saturated carbocycles. The Labute approximate surface area is 185 Å². The molecule has 2 rings (SSSR count). The number of hydrogen-bond acceptors (Lipinski definition) is 6. The number of para-hydroxylation sites is 1. The lowest BCUT2D eigenvalue weighted by Crippen LogP contribution is -2.25. The molecule has 0 fully saturated rings. The Kier molecular flexibility index (Phi) is 8.51. The van der Waals surface area contributed by atoms with E-state index in [-0.39, 0.29) is 15.1 Å². The van der Waals surface area contributed by atoms with Crippen molar-refractivity contribution in [2.75, 3.05) is 36.2 Å². The summed E-state index contributed by atoms with van der Waals surface area (Å²) >= 11 is 3.04. The molecule has 164 valence electrons. The first-order chi connectivity index (χ1) is 14.2. The van der Waals surface area contributed by atoms with Crippen molar-refractivity contribution in [3.63, 3.8) is 0 Å². The smallest absolute Gasteiger partial charge is 0.341 e. The molecule has 2 aromatic carbocycles. The first-order valence-corrected chi connectivity index (χ1v) is 11.8. The molecule has 4 N–H and O–H groups in total. The number of aromatic hydroxyl groups is 1. The summed E-state index contributed by atoms with van der Waals surface area (Å²) in [5, 5.41) is 22.6. The number of anilines is 2. The highest BCUT2D eigenvalue weighted by Gasteiger charge is 2.24. The van der Waals surface area contributed by atoms with Crippen LogP contribution in [0, 0.1) is 0 Å². The second kappa shape index (κ2) is 10.6. The van der Waals surface area contributed by atoms with Crippen LogP contribution in [0.15, 0.2) is 45.8 Å². The lowest BCUT2D eigenvalue weighted by molar-refractivity contribution is 0.0695. The highest BCUT2D eigenvalue weighted by atomic mass is 79.9. The van der Waals surface area contributed by atoms with Gasteiger partial charge in [0, 0.05) is 6.54 Å². The zero-order valence-electron chi connectivity index (χ0n) is 16.9. The van der Waals surface area contributed by atoms with Crippen molar-refractivity contribution in [1.29, 1.82) is 0 Å². The van der Waals surface area contributed by atoms with Crippen molar-refractivity contribution in [1.82, 2.24) is 4.90 Å². The zero-order valence-corrected chi connectivity index (χ0v) is 19.3. The van der Waals surface area contributed by atoms with Gasteiger partial charge in [0.15, 0.2) is 0 Å². The van der Waals surface area contributed by atoms with Gasteiger partial charge in [-0.25, -0.2) is 13.2 Å². The predicted octanol–water partition coefficient (Wildman–Crippen LogP) is 3.80. The Morgan fingerprint density at radius 3 is 2.40 bits per heavy atom. The number of phenols is 1. The van der Waals surface area contributed by atoms with Gasteiger partial charge >= 0.3 is 5.97 Å². The van der Waals surface area contributed by atoms with E-state index in [1.165, 1.54) is 18.2 Å². The van der Waals surface area contributed by atoms with Crippen molar-refractivity contribution < 1.29 is 23.4 Å². The summed E-state index contributed by atoms with van der Waals surface area (Å²) in [6.45, 7) is 7.58. The van der Waals surface area contributed by atoms with Crippen LogP contribution in [0.3, 0.4) is 0 Å². The van der Waals surface area contributed by atoms with E-state index >= 15 is 0 Å². The summed E-state index contributed by atoms with van der Waals surface area (Å²) in [6, 6.07) is 9.06. The van der Waals surface area contributed by atoms with Gasteiger partial charge in [0.1, 0.15) is 16.2 Å². The number of rotatable bonds is 11. The number of carbonyl (C=O) groups is 1. The molecule has 0 heterocycles. The molecule has 0 aliphatic carbocycles. The molecular weight excluding hydrogens is 474 g/mol. The summed E-state index contributed by atoms with van der Waals surface area (Å²) < 4.78 is 28.4. The van der Waals surface area contributed by atoms with Crippen molar-refractivity contribution in [2.45, 2.75) is 25.2 Å². The lowest BCUT2D eigenvalue weighted by Gasteiger charge is -2.19. The predicted molar refractivity (Wildman–Crippen MR) is 121 cm³/mol. The van der Waals surface area contributed by atoms with Crippen LogP contribution in [0.1, 0.15) is 30.6 Å². The van der Waals surface area contributed by atoms with Crippen LogP contribution in [0.4, 0.5) is 11.4 Å². The van der Waals surface area contributed by atoms with E-state index in [0.717, 1.165) is 26.1 Å². The fourth-order valence-corrected chi connectivity index (χ4v) is 4.57. The molecule has 30 heavy (non-hydrogen) atoms. The second-order valence-electron chi connectivity index (χ2n) is 6.53. The maximum Gasteiger partial charge on any atom is 0.341 e. The minimum Gasteiger partial charge on any atom is -0.506 e. The molecule has 0 saturated heterocycles. The molecule has 0 unspecified atom stereocenters. The number of halogens is 1. The second-order valence-corrected chi connectivity index (χ2v) is 9.04. The summed E-state index contributed by atoms with van der Waals surface area (Å²) in [7, 11) is -4.11. The number of sulfonamides is 1. The molecule has 0 bridgehead atoms. The van der Waals surface area contributed by atoms with Crippen LogP contribution in [-0.4, -0.2) is 55.7 Å². The first-order valence-electron chi connectivity index (χ1n) is 9.54. The number of benzene rings is 2. The highest BCUT2D eigenvalue weighted by Crippen LogP contribution is 2.35. The molecule has 0 aromatic heterocycles. The van der Waals surface area contributed by atoms with Gasteiger partial charge in [-0.1, -0.05) is 26.0 Å². The van der Waals surface area contributed by atoms with Gasteiger partial charge in [-0.3, -0.25) is 4.72 Å². The summed E-state index contributed by atoms with van der Waals surface area (Å²) in [4.78, 5) is 13.8. The van der Waals surface area contributed by atoms with Crippen LogP contribution >= 0.6 is 15.9 Å². The van der Waals surface area contributed by atoms with Crippen LogP contribution in [0.25, 0.3) is 0 Å². The largest absolute Gasteiger partial charge is 0.506 e. The normalized spacial score (nSPS) is 11.5. The summed E-state index contributed by atoms with van der Waals surface area (Å²) in [6.07, 6.45) is 0.841. The lowest BCUT2D eigenvalue weighted by atomic mass is 10.1. The molecular formula is C20H26BrN3O5S. The van der Waals surface area contributed by atoms with Crippen molar-refractivity contribution in [2.24, 2.45) is 0 Å². The molecule has 8 nitrogen and oxygen atoms in total. The van der Waals surface area contributed by atoms with Gasteiger partial charge in [-0.15, -0.1) is 0 Å². The third-order valence-electron chi connectivity index (χ3n) is 4.62. The van der Waals surface area contributed by atoms with Gasteiger partial charge in [0.25, 0.3) is 10.0 Å². The van der Waals surface area contributed by atoms with E-state index in [0.29, 0.717) is 12.2 Å². The van der Waals surface area contributed by atoms with E-state index in [4.69, 9.17) is 0 Å². The van der Waals surface area contributed by atoms with E-state index in [1.54, 1.807) is 18.2 Å². The van der Waals surface area contributed by atoms with Crippen LogP contribution < -0.4 is 10.0 Å². The van der Waals surface area contributed by atoms with Crippen molar-refractivity contribution in [3.8, 4) is 5.75 Å². The van der Waals surface area contributed by atoms with Crippen LogP contribution in [0.2, 0.25) is 0 Å². The van der Waals surface area contributed by atoms with Crippen LogP contribution in [0.5, 0.6) is 5.75 Å². The standard InChI is InChI=1S/C20H26BrN3O5S/c1-3-24(4-2)13-7-12-22-15-8-5-6-9-17(15)30(28,29)23-16-11-10-14(21)19(25)18(16)20(26)27/h5-6,8-11,22-23,25H,3-4,7,12-13H2,1-2H3,(H,26,27). The molecule has 10 heteroatoms. The molecule has 0 amide bonds. The summed E-state index contributed by atoms with van der Waals surface area (Å²) in [5.41, 5.74) is -0.333. The average molecular weight is 500 g/mol. The number of carboxylic acids is 1. The zero-order chi connectivity index (χ0) is 22.3. The third-order valence-corrected chi connectivity index (χ3v) is 6.69. The molecule has 0 aliphatic heterocycles. The number of hydrogen-bond donors (Lipinski definition) is 4. The fourth-order valence-electron chi connectivity index (χ4n) is 2.98. The molecule has 0 radical (unpaired) electrons. The van der Waals surface area contributed by atoms with Gasteiger partial charge < -0.3 is 20.4 Å².